The quantitative estimate of drug-likeness (QED) is 0.438. The van der Waals surface area contributed by atoms with Crippen LogP contribution in [0.2, 0.25) is 0 Å². The minimum atomic E-state index is -3.84. The van der Waals surface area contributed by atoms with Crippen molar-refractivity contribution >= 4 is 27.5 Å². The summed E-state index contributed by atoms with van der Waals surface area (Å²) in [4.78, 5) is 28.3. The van der Waals surface area contributed by atoms with Crippen molar-refractivity contribution in [2.75, 3.05) is 24.2 Å². The molecule has 1 N–H and O–H groups in total. The molecular formula is C28H32FN3O4S. The van der Waals surface area contributed by atoms with Crippen molar-refractivity contribution < 1.29 is 22.4 Å². The molecule has 0 aliphatic carbocycles. The Kier molecular flexibility index (Phi) is 9.04. The van der Waals surface area contributed by atoms with Gasteiger partial charge < -0.3 is 10.2 Å². The molecule has 0 aliphatic heterocycles. The highest BCUT2D eigenvalue weighted by Gasteiger charge is 2.33. The van der Waals surface area contributed by atoms with Gasteiger partial charge in [0, 0.05) is 20.0 Å². The number of likely N-dealkylation sites (N-methyl/N-ethyl adjacent to an activating group) is 1. The number of rotatable bonds is 10. The summed E-state index contributed by atoms with van der Waals surface area (Å²) in [5.74, 6) is -1.37. The van der Waals surface area contributed by atoms with Crippen LogP contribution in [0.1, 0.15) is 22.3 Å². The summed E-state index contributed by atoms with van der Waals surface area (Å²) in [5.41, 5.74) is 3.28. The first kappa shape index (κ1) is 27.9. The van der Waals surface area contributed by atoms with Crippen LogP contribution in [0, 0.1) is 19.7 Å². The van der Waals surface area contributed by atoms with E-state index in [0.717, 1.165) is 16.1 Å². The second-order valence-electron chi connectivity index (χ2n) is 8.98. The number of carbonyl (C=O) groups is 2. The number of hydrogen-bond acceptors (Lipinski definition) is 4. The van der Waals surface area contributed by atoms with Crippen molar-refractivity contribution in [2.45, 2.75) is 32.9 Å². The SMILES string of the molecule is CNC(=O)[C@@H](Cc1ccccc1)N(Cc1ccc(F)cc1)C(=O)CN(c1c(C)cccc1C)S(C)(=O)=O. The van der Waals surface area contributed by atoms with Crippen molar-refractivity contribution in [3.8, 4) is 0 Å². The van der Waals surface area contributed by atoms with E-state index in [0.29, 0.717) is 22.4 Å². The molecule has 0 aliphatic rings. The number of anilines is 1. The number of nitrogens with zero attached hydrogens (tertiary/aromatic N) is 2. The number of nitrogens with one attached hydrogen (secondary N) is 1. The molecule has 3 rings (SSSR count). The third-order valence-electron chi connectivity index (χ3n) is 6.15. The standard InChI is InChI=1S/C28H32FN3O4S/c1-20-9-8-10-21(2)27(20)32(37(4,35)36)19-26(33)31(18-23-13-15-24(29)16-14-23)25(28(34)30-3)17-22-11-6-5-7-12-22/h5-16,25H,17-19H2,1-4H3,(H,30,34)/t25-/m1/s1. The van der Waals surface area contributed by atoms with Crippen molar-refractivity contribution in [3.63, 3.8) is 0 Å². The van der Waals surface area contributed by atoms with E-state index < -0.39 is 40.2 Å². The zero-order chi connectivity index (χ0) is 27.2. The van der Waals surface area contributed by atoms with E-state index in [1.807, 2.05) is 36.4 Å². The molecule has 196 valence electrons. The largest absolute Gasteiger partial charge is 0.357 e. The van der Waals surface area contributed by atoms with Gasteiger partial charge in [0.1, 0.15) is 18.4 Å². The van der Waals surface area contributed by atoms with Crippen LogP contribution in [-0.2, 0) is 32.6 Å². The van der Waals surface area contributed by atoms with Crippen molar-refractivity contribution in [1.29, 1.82) is 0 Å². The number of halogens is 1. The van der Waals surface area contributed by atoms with Gasteiger partial charge in [-0.05, 0) is 48.2 Å². The zero-order valence-corrected chi connectivity index (χ0v) is 22.3. The van der Waals surface area contributed by atoms with Crippen LogP contribution in [0.4, 0.5) is 10.1 Å². The van der Waals surface area contributed by atoms with Gasteiger partial charge in [-0.1, -0.05) is 60.7 Å². The molecule has 0 bridgehead atoms. The summed E-state index contributed by atoms with van der Waals surface area (Å²) in [5, 5.41) is 2.62. The van der Waals surface area contributed by atoms with Gasteiger partial charge in [0.05, 0.1) is 11.9 Å². The molecule has 3 aromatic rings. The first-order valence-electron chi connectivity index (χ1n) is 11.8. The Hall–Kier alpha value is -3.72. The Bertz CT molecular complexity index is 1330. The number of aryl methyl sites for hydroxylation is 2. The normalized spacial score (nSPS) is 12.0. The number of hydrogen-bond donors (Lipinski definition) is 1. The minimum absolute atomic E-state index is 0.00557. The Morgan fingerprint density at radius 3 is 2.03 bits per heavy atom. The Balaban J connectivity index is 2.06. The maximum atomic E-state index is 13.9. The van der Waals surface area contributed by atoms with Crippen LogP contribution in [0.5, 0.6) is 0 Å². The zero-order valence-electron chi connectivity index (χ0n) is 21.4. The fourth-order valence-corrected chi connectivity index (χ4v) is 5.25. The van der Waals surface area contributed by atoms with Crippen LogP contribution in [0.15, 0.2) is 72.8 Å². The lowest BCUT2D eigenvalue weighted by molar-refractivity contribution is -0.139. The van der Waals surface area contributed by atoms with Gasteiger partial charge in [0.25, 0.3) is 0 Å². The van der Waals surface area contributed by atoms with Gasteiger partial charge >= 0.3 is 0 Å². The molecule has 0 radical (unpaired) electrons. The van der Waals surface area contributed by atoms with E-state index in [1.165, 1.54) is 24.1 Å². The van der Waals surface area contributed by atoms with Crippen LogP contribution in [0.25, 0.3) is 0 Å². The number of carbonyl (C=O) groups excluding carboxylic acids is 2. The first-order chi connectivity index (χ1) is 17.5. The van der Waals surface area contributed by atoms with Crippen molar-refractivity contribution in [1.82, 2.24) is 10.2 Å². The second-order valence-corrected chi connectivity index (χ2v) is 10.9. The smallest absolute Gasteiger partial charge is 0.244 e. The van der Waals surface area contributed by atoms with Gasteiger partial charge in [0.15, 0.2) is 0 Å². The predicted octanol–water partition coefficient (Wildman–Crippen LogP) is 3.59. The van der Waals surface area contributed by atoms with Crippen molar-refractivity contribution in [2.24, 2.45) is 0 Å². The van der Waals surface area contributed by atoms with E-state index in [2.05, 4.69) is 5.32 Å². The number of benzene rings is 3. The molecule has 0 fully saturated rings. The van der Waals surface area contributed by atoms with Gasteiger partial charge in [0.2, 0.25) is 21.8 Å². The average molecular weight is 526 g/mol. The lowest BCUT2D eigenvalue weighted by Crippen LogP contribution is -2.53. The highest BCUT2D eigenvalue weighted by molar-refractivity contribution is 7.92. The fourth-order valence-electron chi connectivity index (χ4n) is 4.28. The summed E-state index contributed by atoms with van der Waals surface area (Å²) >= 11 is 0. The maximum absolute atomic E-state index is 13.9. The molecule has 0 spiro atoms. The summed E-state index contributed by atoms with van der Waals surface area (Å²) in [6.45, 7) is 3.07. The average Bonchev–Trinajstić information content (AvgIpc) is 2.86. The third-order valence-corrected chi connectivity index (χ3v) is 7.26. The van der Waals surface area contributed by atoms with Crippen LogP contribution in [-0.4, -0.2) is 51.0 Å². The van der Waals surface area contributed by atoms with E-state index >= 15 is 0 Å². The molecule has 0 saturated heterocycles. The molecule has 7 nitrogen and oxygen atoms in total. The molecule has 1 atom stereocenters. The summed E-state index contributed by atoms with van der Waals surface area (Å²) in [6, 6.07) is 19.4. The Morgan fingerprint density at radius 2 is 1.49 bits per heavy atom. The fraction of sp³-hybridized carbons (Fsp3) is 0.286. The van der Waals surface area contributed by atoms with Gasteiger partial charge in [-0.15, -0.1) is 0 Å². The molecular weight excluding hydrogens is 493 g/mol. The Labute approximate surface area is 218 Å². The minimum Gasteiger partial charge on any atom is -0.357 e. The van der Waals surface area contributed by atoms with E-state index in [4.69, 9.17) is 0 Å². The molecule has 2 amide bonds. The highest BCUT2D eigenvalue weighted by Crippen LogP contribution is 2.27. The third kappa shape index (κ3) is 7.16. The molecule has 9 heteroatoms. The first-order valence-corrected chi connectivity index (χ1v) is 13.7. The summed E-state index contributed by atoms with van der Waals surface area (Å²) < 4.78 is 40.4. The van der Waals surface area contributed by atoms with Crippen LogP contribution >= 0.6 is 0 Å². The summed E-state index contributed by atoms with van der Waals surface area (Å²) in [6.07, 6.45) is 1.27. The Morgan fingerprint density at radius 1 is 0.892 bits per heavy atom. The summed E-state index contributed by atoms with van der Waals surface area (Å²) in [7, 11) is -2.36. The molecule has 3 aromatic carbocycles. The lowest BCUT2D eigenvalue weighted by atomic mass is 10.0. The second kappa shape index (κ2) is 12.0. The molecule has 37 heavy (non-hydrogen) atoms. The number of para-hydroxylation sites is 1. The van der Waals surface area contributed by atoms with Gasteiger partial charge in [-0.25, -0.2) is 12.8 Å². The predicted molar refractivity (Wildman–Crippen MR) is 143 cm³/mol. The van der Waals surface area contributed by atoms with Gasteiger partial charge in [-0.2, -0.15) is 0 Å². The molecule has 0 aromatic heterocycles. The topological polar surface area (TPSA) is 86.8 Å². The van der Waals surface area contributed by atoms with Crippen LogP contribution in [0.3, 0.4) is 0 Å². The lowest BCUT2D eigenvalue weighted by Gasteiger charge is -2.34. The van der Waals surface area contributed by atoms with Crippen molar-refractivity contribution in [3.05, 3.63) is 101 Å². The maximum Gasteiger partial charge on any atom is 0.244 e. The number of sulfonamides is 1. The highest BCUT2D eigenvalue weighted by atomic mass is 32.2. The molecule has 0 unspecified atom stereocenters. The monoisotopic (exact) mass is 525 g/mol. The van der Waals surface area contributed by atoms with E-state index in [1.54, 1.807) is 38.1 Å². The molecule has 0 saturated carbocycles. The van der Waals surface area contributed by atoms with Gasteiger partial charge in [-0.3, -0.25) is 13.9 Å². The molecule has 0 heterocycles. The number of amides is 2. The van der Waals surface area contributed by atoms with Crippen LogP contribution < -0.4 is 9.62 Å². The van der Waals surface area contributed by atoms with E-state index in [9.17, 15) is 22.4 Å². The van der Waals surface area contributed by atoms with E-state index in [-0.39, 0.29) is 13.0 Å².